The number of aromatic amines is 1. The van der Waals surface area contributed by atoms with Crippen molar-refractivity contribution >= 4 is 54.6 Å². The van der Waals surface area contributed by atoms with Crippen LogP contribution in [0.2, 0.25) is 0 Å². The summed E-state index contributed by atoms with van der Waals surface area (Å²) in [5, 5.41) is 1.16. The molecule has 0 spiro atoms. The van der Waals surface area contributed by atoms with Gasteiger partial charge in [-0.25, -0.2) is 4.98 Å². The van der Waals surface area contributed by atoms with Crippen LogP contribution >= 0.6 is 43.6 Å². The average molecular weight is 513 g/mol. The van der Waals surface area contributed by atoms with Crippen molar-refractivity contribution in [1.29, 1.82) is 0 Å². The molecule has 6 nitrogen and oxygen atoms in total. The topological polar surface area (TPSA) is 79.2 Å². The molecule has 0 fully saturated rings. The van der Waals surface area contributed by atoms with Gasteiger partial charge in [0.25, 0.3) is 5.56 Å². The van der Waals surface area contributed by atoms with E-state index in [9.17, 15) is 9.59 Å². The predicted octanol–water partition coefficient (Wildman–Crippen LogP) is 3.68. The molecule has 0 saturated heterocycles. The number of aromatic nitrogens is 2. The van der Waals surface area contributed by atoms with Gasteiger partial charge in [0.1, 0.15) is 0 Å². The number of hydrogen-bond acceptors (Lipinski definition) is 6. The van der Waals surface area contributed by atoms with E-state index in [1.807, 2.05) is 12.3 Å². The quantitative estimate of drug-likeness (QED) is 0.426. The van der Waals surface area contributed by atoms with Gasteiger partial charge in [-0.05, 0) is 34.3 Å². The van der Waals surface area contributed by atoms with Gasteiger partial charge in [-0.3, -0.25) is 14.5 Å². The number of rotatable bonds is 3. The number of nitrogens with one attached hydrogen (secondary N) is 1. The van der Waals surface area contributed by atoms with Crippen molar-refractivity contribution in [3.8, 4) is 0 Å². The van der Waals surface area contributed by atoms with Crippen LogP contribution in [0.25, 0.3) is 11.0 Å². The third-order valence-electron chi connectivity index (χ3n) is 4.58. The van der Waals surface area contributed by atoms with E-state index >= 15 is 0 Å². The fraction of sp³-hybridized carbons (Fsp3) is 0.278. The summed E-state index contributed by atoms with van der Waals surface area (Å²) in [5.74, 6) is 0. The normalized spacial score (nSPS) is 14.5. The first kappa shape index (κ1) is 18.9. The van der Waals surface area contributed by atoms with Crippen molar-refractivity contribution in [2.24, 2.45) is 0 Å². The second-order valence-electron chi connectivity index (χ2n) is 6.32. The van der Waals surface area contributed by atoms with Gasteiger partial charge in [0.15, 0.2) is 16.2 Å². The Morgan fingerprint density at radius 1 is 1.33 bits per heavy atom. The van der Waals surface area contributed by atoms with Crippen LogP contribution in [0, 0.1) is 0 Å². The zero-order chi connectivity index (χ0) is 19.1. The predicted molar refractivity (Wildman–Crippen MR) is 112 cm³/mol. The van der Waals surface area contributed by atoms with Crippen LogP contribution in [0.1, 0.15) is 16.8 Å². The second kappa shape index (κ2) is 7.54. The molecule has 3 heterocycles. The van der Waals surface area contributed by atoms with Gasteiger partial charge in [0, 0.05) is 36.1 Å². The standard InChI is InChI=1S/C18H15Br2N3O3S/c1-27-18-21-14-2-3-23(7-12(14)17(25)22-18)6-9-8-26-16-11(15(9)24)4-10(19)5-13(16)20/h4-5,8H,2-3,6-7H2,1H3,(H,21,22,25). The van der Waals surface area contributed by atoms with Gasteiger partial charge in [-0.2, -0.15) is 0 Å². The first-order chi connectivity index (χ1) is 13.0. The fourth-order valence-electron chi connectivity index (χ4n) is 3.25. The third-order valence-corrected chi connectivity index (χ3v) is 6.20. The minimum Gasteiger partial charge on any atom is -0.463 e. The lowest BCUT2D eigenvalue weighted by Gasteiger charge is -2.27. The molecule has 1 aliphatic rings. The largest absolute Gasteiger partial charge is 0.463 e. The van der Waals surface area contributed by atoms with Crippen molar-refractivity contribution in [3.05, 3.63) is 64.7 Å². The third kappa shape index (κ3) is 3.65. The van der Waals surface area contributed by atoms with Crippen LogP contribution in [-0.2, 0) is 19.5 Å². The number of benzene rings is 1. The maximum Gasteiger partial charge on any atom is 0.256 e. The Kier molecular flexibility index (Phi) is 5.28. The van der Waals surface area contributed by atoms with E-state index in [0.29, 0.717) is 46.8 Å². The van der Waals surface area contributed by atoms with E-state index < -0.39 is 0 Å². The summed E-state index contributed by atoms with van der Waals surface area (Å²) in [6.45, 7) is 1.62. The highest BCUT2D eigenvalue weighted by Crippen LogP contribution is 2.27. The molecule has 140 valence electrons. The summed E-state index contributed by atoms with van der Waals surface area (Å²) in [6, 6.07) is 3.61. The minimum absolute atomic E-state index is 0.0613. The summed E-state index contributed by atoms with van der Waals surface area (Å²) in [4.78, 5) is 34.6. The van der Waals surface area contributed by atoms with E-state index in [-0.39, 0.29) is 11.0 Å². The van der Waals surface area contributed by atoms with E-state index in [4.69, 9.17) is 4.42 Å². The first-order valence-corrected chi connectivity index (χ1v) is 11.0. The average Bonchev–Trinajstić information content (AvgIpc) is 2.64. The number of H-pyrrole nitrogens is 1. The van der Waals surface area contributed by atoms with Gasteiger partial charge >= 0.3 is 0 Å². The van der Waals surface area contributed by atoms with Crippen LogP contribution in [0.5, 0.6) is 0 Å². The van der Waals surface area contributed by atoms with Gasteiger partial charge in [0.05, 0.1) is 27.4 Å². The molecule has 0 amide bonds. The molecule has 4 rings (SSSR count). The Morgan fingerprint density at radius 2 is 2.15 bits per heavy atom. The number of halogens is 2. The Morgan fingerprint density at radius 3 is 2.93 bits per heavy atom. The monoisotopic (exact) mass is 511 g/mol. The molecule has 1 aromatic carbocycles. The number of nitrogens with zero attached hydrogens (tertiary/aromatic N) is 2. The van der Waals surface area contributed by atoms with Gasteiger partial charge in [-0.15, -0.1) is 0 Å². The van der Waals surface area contributed by atoms with Gasteiger partial charge in [0.2, 0.25) is 0 Å². The highest BCUT2D eigenvalue weighted by atomic mass is 79.9. The lowest BCUT2D eigenvalue weighted by atomic mass is 10.1. The first-order valence-electron chi connectivity index (χ1n) is 8.24. The lowest BCUT2D eigenvalue weighted by molar-refractivity contribution is 0.238. The zero-order valence-corrected chi connectivity index (χ0v) is 18.3. The van der Waals surface area contributed by atoms with Crippen LogP contribution < -0.4 is 11.0 Å². The Bertz CT molecular complexity index is 1160. The molecule has 0 bridgehead atoms. The second-order valence-corrected chi connectivity index (χ2v) is 8.88. The number of hydrogen-bond donors (Lipinski definition) is 1. The highest BCUT2D eigenvalue weighted by Gasteiger charge is 2.22. The van der Waals surface area contributed by atoms with E-state index in [1.54, 1.807) is 6.07 Å². The highest BCUT2D eigenvalue weighted by molar-refractivity contribution is 9.11. The lowest BCUT2D eigenvalue weighted by Crippen LogP contribution is -2.36. The maximum absolute atomic E-state index is 12.9. The summed E-state index contributed by atoms with van der Waals surface area (Å²) >= 11 is 8.26. The molecule has 27 heavy (non-hydrogen) atoms. The van der Waals surface area contributed by atoms with Crippen molar-refractivity contribution in [1.82, 2.24) is 14.9 Å². The molecule has 1 aliphatic heterocycles. The Labute approximate surface area is 175 Å². The molecule has 0 aliphatic carbocycles. The summed E-state index contributed by atoms with van der Waals surface area (Å²) in [7, 11) is 0. The molecule has 0 saturated carbocycles. The molecule has 0 atom stereocenters. The molecule has 2 aromatic heterocycles. The summed E-state index contributed by atoms with van der Waals surface area (Å²) in [5.41, 5.74) is 2.45. The Hall–Kier alpha value is -1.42. The minimum atomic E-state index is -0.104. The zero-order valence-electron chi connectivity index (χ0n) is 14.3. The van der Waals surface area contributed by atoms with Crippen LogP contribution in [0.15, 0.2) is 46.5 Å². The van der Waals surface area contributed by atoms with Crippen molar-refractivity contribution in [2.75, 3.05) is 12.8 Å². The fourth-order valence-corrected chi connectivity index (χ4v) is 4.96. The molecule has 0 radical (unpaired) electrons. The molecule has 9 heteroatoms. The smallest absolute Gasteiger partial charge is 0.256 e. The van der Waals surface area contributed by atoms with E-state index in [0.717, 1.165) is 21.2 Å². The summed E-state index contributed by atoms with van der Waals surface area (Å²) in [6.07, 6.45) is 4.08. The van der Waals surface area contributed by atoms with Gasteiger partial charge in [-0.1, -0.05) is 27.7 Å². The molecular weight excluding hydrogens is 498 g/mol. The van der Waals surface area contributed by atoms with Crippen LogP contribution in [0.3, 0.4) is 0 Å². The SMILES string of the molecule is CSc1nc2c(c(=O)[nH]1)CN(Cc1coc3c(Br)cc(Br)cc3c1=O)CC2. The summed E-state index contributed by atoms with van der Waals surface area (Å²) < 4.78 is 7.23. The molecule has 3 aromatic rings. The molecule has 0 unspecified atom stereocenters. The Balaban J connectivity index is 1.65. The van der Waals surface area contributed by atoms with Crippen LogP contribution in [-0.4, -0.2) is 27.7 Å². The van der Waals surface area contributed by atoms with Crippen molar-refractivity contribution in [3.63, 3.8) is 0 Å². The van der Waals surface area contributed by atoms with Crippen LogP contribution in [0.4, 0.5) is 0 Å². The van der Waals surface area contributed by atoms with Crippen molar-refractivity contribution in [2.45, 2.75) is 24.7 Å². The molecule has 1 N–H and O–H groups in total. The maximum atomic E-state index is 12.9. The van der Waals surface area contributed by atoms with E-state index in [2.05, 4.69) is 46.7 Å². The molecular formula is C18H15Br2N3O3S. The van der Waals surface area contributed by atoms with E-state index in [1.165, 1.54) is 18.0 Å². The number of fused-ring (bicyclic) bond motifs is 2. The number of thioether (sulfide) groups is 1. The van der Waals surface area contributed by atoms with Crippen molar-refractivity contribution < 1.29 is 4.42 Å². The van der Waals surface area contributed by atoms with Gasteiger partial charge < -0.3 is 9.40 Å².